The van der Waals surface area contributed by atoms with Gasteiger partial charge in [-0.25, -0.2) is 4.98 Å². The first kappa shape index (κ1) is 33.8. The molecule has 0 saturated carbocycles. The smallest absolute Gasteiger partial charge is 0.272 e. The molecule has 268 valence electrons. The van der Waals surface area contributed by atoms with Crippen molar-refractivity contribution in [3.05, 3.63) is 135 Å². The van der Waals surface area contributed by atoms with Gasteiger partial charge in [0.05, 0.1) is 17.4 Å². The van der Waals surface area contributed by atoms with Crippen LogP contribution in [0, 0.1) is 5.92 Å². The van der Waals surface area contributed by atoms with Crippen molar-refractivity contribution in [3.63, 3.8) is 0 Å². The first-order chi connectivity index (χ1) is 25.9. The van der Waals surface area contributed by atoms with Gasteiger partial charge in [-0.2, -0.15) is 0 Å². The van der Waals surface area contributed by atoms with E-state index in [0.717, 1.165) is 90.0 Å². The second-order valence-corrected chi connectivity index (χ2v) is 15.4. The molecule has 2 N–H and O–H groups in total. The van der Waals surface area contributed by atoms with Crippen LogP contribution >= 0.6 is 23.2 Å². The Kier molecular flexibility index (Phi) is 8.75. The van der Waals surface area contributed by atoms with E-state index in [1.54, 1.807) is 6.20 Å². The molecular formula is C43H40Cl2N6O2. The number of anilines is 2. The highest BCUT2D eigenvalue weighted by molar-refractivity contribution is 6.32. The number of fused-ring (bicyclic) bond motifs is 2. The summed E-state index contributed by atoms with van der Waals surface area (Å²) in [5.41, 5.74) is 8.13. The molecule has 5 aromatic rings. The van der Waals surface area contributed by atoms with Crippen molar-refractivity contribution in [3.8, 4) is 0 Å². The highest BCUT2D eigenvalue weighted by atomic mass is 35.5. The summed E-state index contributed by atoms with van der Waals surface area (Å²) in [6.07, 6.45) is 10.3. The van der Waals surface area contributed by atoms with Crippen molar-refractivity contribution in [2.75, 3.05) is 29.9 Å². The van der Waals surface area contributed by atoms with E-state index in [-0.39, 0.29) is 29.8 Å². The molecule has 2 amide bonds. The van der Waals surface area contributed by atoms with Crippen molar-refractivity contribution in [1.29, 1.82) is 0 Å². The molecule has 2 unspecified atom stereocenters. The van der Waals surface area contributed by atoms with Crippen LogP contribution in [0.4, 0.5) is 11.5 Å². The number of rotatable bonds is 6. The maximum absolute atomic E-state index is 14.8. The van der Waals surface area contributed by atoms with Crippen molar-refractivity contribution in [2.45, 2.75) is 51.1 Å². The fourth-order valence-electron chi connectivity index (χ4n) is 8.92. The van der Waals surface area contributed by atoms with Gasteiger partial charge in [-0.15, -0.1) is 0 Å². The van der Waals surface area contributed by atoms with E-state index in [4.69, 9.17) is 28.2 Å². The number of hydrogen-bond acceptors (Lipinski definition) is 5. The van der Waals surface area contributed by atoms with E-state index in [1.807, 2.05) is 42.5 Å². The van der Waals surface area contributed by atoms with Gasteiger partial charge in [0.1, 0.15) is 5.69 Å². The number of piperidine rings is 1. The average Bonchev–Trinajstić information content (AvgIpc) is 3.73. The number of benzene rings is 3. The highest BCUT2D eigenvalue weighted by Gasteiger charge is 2.40. The monoisotopic (exact) mass is 742 g/mol. The summed E-state index contributed by atoms with van der Waals surface area (Å²) < 4.78 is 0. The number of hydrogen-bond donors (Lipinski definition) is 2. The molecule has 0 spiro atoms. The summed E-state index contributed by atoms with van der Waals surface area (Å²) in [4.78, 5) is 42.2. The predicted molar refractivity (Wildman–Crippen MR) is 213 cm³/mol. The molecule has 4 aliphatic rings. The number of nitrogens with zero attached hydrogens (tertiary/aromatic N) is 4. The molecule has 4 aliphatic heterocycles. The molecule has 2 saturated heterocycles. The first-order valence-corrected chi connectivity index (χ1v) is 19.3. The molecule has 0 aliphatic carbocycles. The number of likely N-dealkylation sites (tertiary alicyclic amines) is 1. The van der Waals surface area contributed by atoms with Crippen molar-refractivity contribution >= 4 is 68.7 Å². The van der Waals surface area contributed by atoms with E-state index in [0.29, 0.717) is 27.8 Å². The normalized spacial score (nSPS) is 20.3. The fraction of sp³-hybridized carbons (Fsp3) is 0.279. The average molecular weight is 744 g/mol. The van der Waals surface area contributed by atoms with Crippen LogP contribution in [0.15, 0.2) is 97.3 Å². The number of amides is 2. The van der Waals surface area contributed by atoms with E-state index in [2.05, 4.69) is 80.6 Å². The van der Waals surface area contributed by atoms with Gasteiger partial charge in [0.15, 0.2) is 5.82 Å². The molecule has 6 heterocycles. The molecule has 0 bridgehead atoms. The quantitative estimate of drug-likeness (QED) is 0.181. The minimum atomic E-state index is -0.254. The number of carbonyl (C=O) groups excluding carboxylic acids is 2. The zero-order valence-corrected chi connectivity index (χ0v) is 31.0. The van der Waals surface area contributed by atoms with Crippen LogP contribution in [-0.4, -0.2) is 57.3 Å². The third kappa shape index (κ3) is 5.98. The number of carbonyl (C=O) groups is 2. The molecule has 53 heavy (non-hydrogen) atoms. The van der Waals surface area contributed by atoms with E-state index in [9.17, 15) is 9.59 Å². The summed E-state index contributed by atoms with van der Waals surface area (Å²) in [6, 6.07) is 26.2. The molecule has 0 radical (unpaired) electrons. The lowest BCUT2D eigenvalue weighted by Gasteiger charge is -2.39. The summed E-state index contributed by atoms with van der Waals surface area (Å²) in [5, 5.41) is 5.51. The fourth-order valence-corrected chi connectivity index (χ4v) is 9.28. The standard InChI is InChI=1S/C43H40Cl2N6O2/c1-26-8-6-21-51-40(28-13-15-29(44)16-14-28)32-24-30(45)25-34-37(32)38(41(51)36(26)27-9-3-2-4-10-27)39(47-34)43(53)48-33-11-5-19-46-42(33)49-22-17-31(18-23-49)50-20-7-12-35(50)52/h2-6,9-11,13-16,19,21,24-26,31,40,47H,7-8,12,17-18,20,22-23H2,1H3,(H,48,53). The number of pyridine rings is 1. The Labute approximate surface area is 319 Å². The summed E-state index contributed by atoms with van der Waals surface area (Å²) in [7, 11) is 0. The minimum Gasteiger partial charge on any atom is -0.355 e. The van der Waals surface area contributed by atoms with Crippen molar-refractivity contribution in [2.24, 2.45) is 5.92 Å². The minimum absolute atomic E-state index is 0.165. The topological polar surface area (TPSA) is 84.6 Å². The van der Waals surface area contributed by atoms with Crippen LogP contribution in [0.2, 0.25) is 10.0 Å². The van der Waals surface area contributed by atoms with Gasteiger partial charge in [-0.3, -0.25) is 9.59 Å². The maximum atomic E-state index is 14.8. The zero-order valence-electron chi connectivity index (χ0n) is 29.5. The maximum Gasteiger partial charge on any atom is 0.272 e. The Morgan fingerprint density at radius 2 is 1.74 bits per heavy atom. The van der Waals surface area contributed by atoms with E-state index in [1.165, 1.54) is 5.57 Å². The molecular weight excluding hydrogens is 703 g/mol. The zero-order chi connectivity index (χ0) is 36.2. The summed E-state index contributed by atoms with van der Waals surface area (Å²) in [5.74, 6) is 0.914. The number of H-pyrrole nitrogens is 1. The molecule has 2 fully saturated rings. The first-order valence-electron chi connectivity index (χ1n) is 18.5. The Morgan fingerprint density at radius 3 is 2.49 bits per heavy atom. The van der Waals surface area contributed by atoms with E-state index < -0.39 is 0 Å². The molecule has 8 nitrogen and oxygen atoms in total. The van der Waals surface area contributed by atoms with Gasteiger partial charge in [0, 0.05) is 71.0 Å². The van der Waals surface area contributed by atoms with Crippen LogP contribution in [0.3, 0.4) is 0 Å². The molecule has 9 rings (SSSR count). The Morgan fingerprint density at radius 1 is 0.943 bits per heavy atom. The van der Waals surface area contributed by atoms with Gasteiger partial charge in [0.25, 0.3) is 5.91 Å². The molecule has 3 aromatic carbocycles. The van der Waals surface area contributed by atoms with E-state index >= 15 is 0 Å². The third-order valence-electron chi connectivity index (χ3n) is 11.3. The lowest BCUT2D eigenvalue weighted by molar-refractivity contribution is -0.130. The number of aromatic amines is 1. The lowest BCUT2D eigenvalue weighted by Crippen LogP contribution is -2.45. The van der Waals surface area contributed by atoms with Crippen LogP contribution in [-0.2, 0) is 4.79 Å². The third-order valence-corrected chi connectivity index (χ3v) is 11.8. The van der Waals surface area contributed by atoms with Gasteiger partial charge in [-0.05, 0) is 90.3 Å². The largest absolute Gasteiger partial charge is 0.355 e. The number of halogens is 2. The second kappa shape index (κ2) is 13.7. The van der Waals surface area contributed by atoms with Gasteiger partial charge in [0.2, 0.25) is 5.91 Å². The molecule has 10 heteroatoms. The van der Waals surface area contributed by atoms with Gasteiger partial charge >= 0.3 is 0 Å². The Hall–Kier alpha value is -5.05. The van der Waals surface area contributed by atoms with Crippen molar-refractivity contribution < 1.29 is 9.59 Å². The highest BCUT2D eigenvalue weighted by Crippen LogP contribution is 2.53. The molecule has 2 atom stereocenters. The van der Waals surface area contributed by atoms with Crippen LogP contribution in [0.1, 0.15) is 77.8 Å². The van der Waals surface area contributed by atoms with Crippen LogP contribution in [0.5, 0.6) is 0 Å². The SMILES string of the molecule is CC1CC=CN2C(=C1c1ccccc1)c1c(C(=O)Nc3cccnc3N3CCC(N4CCCC4=O)CC3)[nH]c3cc(Cl)cc(c13)C2c1ccc(Cl)cc1. The Bertz CT molecular complexity index is 2290. The Balaban J connectivity index is 1.17. The van der Waals surface area contributed by atoms with Crippen molar-refractivity contribution in [1.82, 2.24) is 19.8 Å². The summed E-state index contributed by atoms with van der Waals surface area (Å²) in [6.45, 7) is 4.62. The van der Waals surface area contributed by atoms with Crippen LogP contribution < -0.4 is 10.2 Å². The summed E-state index contributed by atoms with van der Waals surface area (Å²) >= 11 is 13.3. The second-order valence-electron chi connectivity index (χ2n) is 14.5. The predicted octanol–water partition coefficient (Wildman–Crippen LogP) is 9.54. The molecule has 2 aromatic heterocycles. The van der Waals surface area contributed by atoms with Gasteiger partial charge < -0.3 is 25.0 Å². The number of nitrogens with one attached hydrogen (secondary N) is 2. The number of allylic oxidation sites excluding steroid dienone is 2. The number of aromatic nitrogens is 2. The lowest BCUT2D eigenvalue weighted by atomic mass is 9.82. The van der Waals surface area contributed by atoms with Gasteiger partial charge in [-0.1, -0.05) is 78.7 Å². The van der Waals surface area contributed by atoms with Crippen LogP contribution in [0.25, 0.3) is 22.2 Å².